The Labute approximate surface area is 96.5 Å². The lowest BCUT2D eigenvalue weighted by Gasteiger charge is -2.12. The average molecular weight is 221 g/mol. The Kier molecular flexibility index (Phi) is 4.83. The minimum Gasteiger partial charge on any atom is -0.478 e. The van der Waals surface area contributed by atoms with Crippen LogP contribution in [0, 0.1) is 6.92 Å². The summed E-state index contributed by atoms with van der Waals surface area (Å²) < 4.78 is 0. The molecule has 1 aromatic carbocycles. The second-order valence-corrected chi connectivity index (χ2v) is 3.94. The van der Waals surface area contributed by atoms with Gasteiger partial charge in [-0.15, -0.1) is 0 Å². The zero-order chi connectivity index (χ0) is 12.0. The van der Waals surface area contributed by atoms with Gasteiger partial charge < -0.3 is 10.4 Å². The van der Waals surface area contributed by atoms with Crippen molar-refractivity contribution in [1.29, 1.82) is 0 Å². The Bertz CT molecular complexity index is 361. The van der Waals surface area contributed by atoms with Crippen molar-refractivity contribution in [3.63, 3.8) is 0 Å². The van der Waals surface area contributed by atoms with E-state index in [9.17, 15) is 4.79 Å². The van der Waals surface area contributed by atoms with Crippen molar-refractivity contribution >= 4 is 11.7 Å². The Morgan fingerprint density at radius 1 is 1.38 bits per heavy atom. The third-order valence-corrected chi connectivity index (χ3v) is 2.59. The highest BCUT2D eigenvalue weighted by atomic mass is 16.4. The van der Waals surface area contributed by atoms with E-state index in [1.54, 1.807) is 12.1 Å². The van der Waals surface area contributed by atoms with Crippen LogP contribution in [0.2, 0.25) is 0 Å². The van der Waals surface area contributed by atoms with Crippen LogP contribution in [0.1, 0.15) is 42.1 Å². The number of benzene rings is 1. The molecule has 0 aromatic heterocycles. The fraction of sp³-hybridized carbons (Fsp3) is 0.462. The first-order valence-electron chi connectivity index (χ1n) is 5.73. The van der Waals surface area contributed by atoms with Crippen molar-refractivity contribution in [3.8, 4) is 0 Å². The number of carboxylic acid groups (broad SMARTS) is 1. The topological polar surface area (TPSA) is 49.3 Å². The van der Waals surface area contributed by atoms with Crippen LogP contribution >= 0.6 is 0 Å². The smallest absolute Gasteiger partial charge is 0.337 e. The number of para-hydroxylation sites is 1. The second kappa shape index (κ2) is 6.16. The van der Waals surface area contributed by atoms with Crippen LogP contribution in [-0.4, -0.2) is 17.6 Å². The SMILES string of the molecule is CCCCCNc1c(C)cccc1C(=O)O. The molecule has 0 radical (unpaired) electrons. The van der Waals surface area contributed by atoms with E-state index in [0.29, 0.717) is 5.56 Å². The van der Waals surface area contributed by atoms with Gasteiger partial charge in [0.15, 0.2) is 0 Å². The molecule has 0 saturated heterocycles. The lowest BCUT2D eigenvalue weighted by Crippen LogP contribution is -2.09. The molecule has 0 unspecified atom stereocenters. The van der Waals surface area contributed by atoms with E-state index < -0.39 is 5.97 Å². The molecule has 1 aromatic rings. The highest BCUT2D eigenvalue weighted by molar-refractivity contribution is 5.95. The van der Waals surface area contributed by atoms with E-state index in [1.807, 2.05) is 13.0 Å². The maximum atomic E-state index is 11.0. The van der Waals surface area contributed by atoms with Gasteiger partial charge in [0.25, 0.3) is 0 Å². The third-order valence-electron chi connectivity index (χ3n) is 2.59. The largest absolute Gasteiger partial charge is 0.478 e. The first kappa shape index (κ1) is 12.6. The van der Waals surface area contributed by atoms with E-state index in [1.165, 1.54) is 12.8 Å². The third kappa shape index (κ3) is 3.26. The number of rotatable bonds is 6. The number of hydrogen-bond donors (Lipinski definition) is 2. The first-order chi connectivity index (χ1) is 7.66. The molecule has 0 heterocycles. The van der Waals surface area contributed by atoms with Crippen molar-refractivity contribution in [2.45, 2.75) is 33.1 Å². The Hall–Kier alpha value is -1.51. The lowest BCUT2D eigenvalue weighted by molar-refractivity contribution is 0.0698. The van der Waals surface area contributed by atoms with Crippen LogP contribution in [-0.2, 0) is 0 Å². The number of nitrogens with one attached hydrogen (secondary N) is 1. The van der Waals surface area contributed by atoms with Crippen LogP contribution in [0.15, 0.2) is 18.2 Å². The molecule has 0 aliphatic rings. The molecule has 0 aliphatic heterocycles. The molecule has 88 valence electrons. The number of aromatic carboxylic acids is 1. The van der Waals surface area contributed by atoms with Gasteiger partial charge >= 0.3 is 5.97 Å². The summed E-state index contributed by atoms with van der Waals surface area (Å²) in [6.07, 6.45) is 3.41. The monoisotopic (exact) mass is 221 g/mol. The molecule has 2 N–H and O–H groups in total. The summed E-state index contributed by atoms with van der Waals surface area (Å²) in [5.41, 5.74) is 2.10. The number of anilines is 1. The number of carboxylic acids is 1. The van der Waals surface area contributed by atoms with Crippen molar-refractivity contribution in [2.75, 3.05) is 11.9 Å². The number of carbonyl (C=O) groups is 1. The fourth-order valence-corrected chi connectivity index (χ4v) is 1.67. The van der Waals surface area contributed by atoms with Crippen molar-refractivity contribution in [1.82, 2.24) is 0 Å². The van der Waals surface area contributed by atoms with Crippen molar-refractivity contribution < 1.29 is 9.90 Å². The van der Waals surface area contributed by atoms with Crippen molar-refractivity contribution in [3.05, 3.63) is 29.3 Å². The quantitative estimate of drug-likeness (QED) is 0.725. The Balaban J connectivity index is 2.73. The molecular weight excluding hydrogens is 202 g/mol. The second-order valence-electron chi connectivity index (χ2n) is 3.94. The molecule has 3 nitrogen and oxygen atoms in total. The summed E-state index contributed by atoms with van der Waals surface area (Å²) in [5.74, 6) is -0.873. The molecule has 3 heteroatoms. The maximum absolute atomic E-state index is 11.0. The molecule has 0 bridgehead atoms. The van der Waals surface area contributed by atoms with Gasteiger partial charge in [-0.3, -0.25) is 0 Å². The number of unbranched alkanes of at least 4 members (excludes halogenated alkanes) is 2. The van der Waals surface area contributed by atoms with Gasteiger partial charge in [0.05, 0.1) is 11.3 Å². The Morgan fingerprint density at radius 2 is 2.12 bits per heavy atom. The molecule has 0 aliphatic carbocycles. The molecular formula is C13H19NO2. The molecule has 0 saturated carbocycles. The minimum absolute atomic E-state index is 0.358. The first-order valence-corrected chi connectivity index (χ1v) is 5.73. The zero-order valence-corrected chi connectivity index (χ0v) is 9.92. The zero-order valence-electron chi connectivity index (χ0n) is 9.92. The molecule has 0 spiro atoms. The van der Waals surface area contributed by atoms with Crippen LogP contribution in [0.4, 0.5) is 5.69 Å². The van der Waals surface area contributed by atoms with E-state index in [0.717, 1.165) is 24.2 Å². The van der Waals surface area contributed by atoms with Gasteiger partial charge in [-0.2, -0.15) is 0 Å². The number of hydrogen-bond acceptors (Lipinski definition) is 2. The van der Waals surface area contributed by atoms with Crippen molar-refractivity contribution in [2.24, 2.45) is 0 Å². The summed E-state index contributed by atoms with van der Waals surface area (Å²) in [6, 6.07) is 5.34. The average Bonchev–Trinajstić information content (AvgIpc) is 2.25. The normalized spacial score (nSPS) is 10.1. The Morgan fingerprint density at radius 3 is 2.75 bits per heavy atom. The molecule has 0 atom stereocenters. The lowest BCUT2D eigenvalue weighted by atomic mass is 10.1. The van der Waals surface area contributed by atoms with E-state index in [4.69, 9.17) is 5.11 Å². The van der Waals surface area contributed by atoms with E-state index in [2.05, 4.69) is 12.2 Å². The molecule has 0 amide bonds. The fourth-order valence-electron chi connectivity index (χ4n) is 1.67. The van der Waals surface area contributed by atoms with Gasteiger partial charge in [-0.25, -0.2) is 4.79 Å². The summed E-state index contributed by atoms with van der Waals surface area (Å²) in [7, 11) is 0. The van der Waals surface area contributed by atoms with Crippen LogP contribution in [0.5, 0.6) is 0 Å². The summed E-state index contributed by atoms with van der Waals surface area (Å²) in [4.78, 5) is 11.0. The van der Waals surface area contributed by atoms with Gasteiger partial charge in [-0.1, -0.05) is 31.9 Å². The standard InChI is InChI=1S/C13H19NO2/c1-3-4-5-9-14-12-10(2)7-6-8-11(12)13(15)16/h6-8,14H,3-5,9H2,1-2H3,(H,15,16). The summed E-state index contributed by atoms with van der Waals surface area (Å²) in [5, 5.41) is 12.3. The van der Waals surface area contributed by atoms with E-state index >= 15 is 0 Å². The highest BCUT2D eigenvalue weighted by Crippen LogP contribution is 2.20. The predicted octanol–water partition coefficient (Wildman–Crippen LogP) is 3.30. The molecule has 1 rings (SSSR count). The summed E-state index contributed by atoms with van der Waals surface area (Å²) in [6.45, 7) is 4.91. The van der Waals surface area contributed by atoms with Crippen LogP contribution < -0.4 is 5.32 Å². The maximum Gasteiger partial charge on any atom is 0.337 e. The van der Waals surface area contributed by atoms with Gasteiger partial charge in [-0.05, 0) is 25.0 Å². The van der Waals surface area contributed by atoms with Gasteiger partial charge in [0, 0.05) is 6.54 Å². The van der Waals surface area contributed by atoms with Crippen LogP contribution in [0.3, 0.4) is 0 Å². The highest BCUT2D eigenvalue weighted by Gasteiger charge is 2.10. The number of aryl methyl sites for hydroxylation is 1. The van der Waals surface area contributed by atoms with Crippen LogP contribution in [0.25, 0.3) is 0 Å². The summed E-state index contributed by atoms with van der Waals surface area (Å²) >= 11 is 0. The van der Waals surface area contributed by atoms with E-state index in [-0.39, 0.29) is 0 Å². The van der Waals surface area contributed by atoms with Gasteiger partial charge in [0.1, 0.15) is 0 Å². The minimum atomic E-state index is -0.873. The van der Waals surface area contributed by atoms with Gasteiger partial charge in [0.2, 0.25) is 0 Å². The molecule has 0 fully saturated rings. The molecule has 16 heavy (non-hydrogen) atoms. The predicted molar refractivity (Wildman–Crippen MR) is 66.2 cm³/mol.